The highest BCUT2D eigenvalue weighted by Crippen LogP contribution is 2.21. The van der Waals surface area contributed by atoms with Crippen molar-refractivity contribution in [2.75, 3.05) is 13.7 Å². The number of halogens is 3. The van der Waals surface area contributed by atoms with E-state index in [0.717, 1.165) is 18.2 Å². The van der Waals surface area contributed by atoms with Crippen LogP contribution in [0.3, 0.4) is 0 Å². The van der Waals surface area contributed by atoms with Gasteiger partial charge in [-0.3, -0.25) is 4.79 Å². The molecule has 0 N–H and O–H groups in total. The van der Waals surface area contributed by atoms with E-state index in [1.807, 2.05) is 0 Å². The van der Waals surface area contributed by atoms with E-state index in [2.05, 4.69) is 15.9 Å². The molecule has 7 heteroatoms. The van der Waals surface area contributed by atoms with Crippen LogP contribution in [0.5, 0.6) is 5.75 Å². The minimum absolute atomic E-state index is 0.0602. The molecule has 0 aliphatic rings. The topological polar surface area (TPSA) is 52.6 Å². The van der Waals surface area contributed by atoms with Crippen LogP contribution in [0.25, 0.3) is 0 Å². The number of carbonyl (C=O) groups is 2. The molecule has 0 saturated carbocycles. The first-order valence-electron chi connectivity index (χ1n) is 6.41. The van der Waals surface area contributed by atoms with E-state index in [1.54, 1.807) is 0 Å². The fraction of sp³-hybridized carbons (Fsp3) is 0.125. The van der Waals surface area contributed by atoms with Crippen LogP contribution in [0.4, 0.5) is 8.78 Å². The molecule has 23 heavy (non-hydrogen) atoms. The Morgan fingerprint density at radius 1 is 1.09 bits per heavy atom. The first kappa shape index (κ1) is 17.1. The third kappa shape index (κ3) is 4.13. The zero-order valence-electron chi connectivity index (χ0n) is 11.9. The van der Waals surface area contributed by atoms with Crippen LogP contribution in [-0.2, 0) is 4.74 Å². The third-order valence-corrected chi connectivity index (χ3v) is 3.44. The van der Waals surface area contributed by atoms with Crippen molar-refractivity contribution in [2.45, 2.75) is 0 Å². The molecule has 2 rings (SSSR count). The largest absolute Gasteiger partial charge is 0.496 e. The van der Waals surface area contributed by atoms with Gasteiger partial charge in [-0.1, -0.05) is 15.9 Å². The molecule has 2 aromatic carbocycles. The molecule has 4 nitrogen and oxygen atoms in total. The predicted octanol–water partition coefficient (Wildman–Crippen LogP) is 3.78. The molecule has 0 aromatic heterocycles. The second kappa shape index (κ2) is 7.32. The van der Waals surface area contributed by atoms with Gasteiger partial charge >= 0.3 is 5.97 Å². The number of Topliss-reactive ketones (excluding diaryl/α,β-unsaturated/α-hetero) is 1. The normalized spacial score (nSPS) is 10.3. The number of esters is 1. The second-order valence-corrected chi connectivity index (χ2v) is 5.38. The Bertz CT molecular complexity index is 762. The Morgan fingerprint density at radius 2 is 1.83 bits per heavy atom. The number of hydrogen-bond donors (Lipinski definition) is 0. The van der Waals surface area contributed by atoms with Gasteiger partial charge in [0.15, 0.2) is 6.61 Å². The molecular formula is C16H11BrF2O4. The van der Waals surface area contributed by atoms with E-state index in [-0.39, 0.29) is 16.9 Å². The van der Waals surface area contributed by atoms with Gasteiger partial charge in [-0.05, 0) is 36.4 Å². The molecule has 0 saturated heterocycles. The second-order valence-electron chi connectivity index (χ2n) is 4.47. The number of carbonyl (C=O) groups excluding carboxylic acids is 2. The SMILES string of the molecule is COc1ccc(F)cc1C(=O)COC(=O)c1cc(Br)ccc1F. The van der Waals surface area contributed by atoms with Gasteiger partial charge in [-0.2, -0.15) is 0 Å². The zero-order chi connectivity index (χ0) is 17.0. The van der Waals surface area contributed by atoms with E-state index in [9.17, 15) is 18.4 Å². The Kier molecular flexibility index (Phi) is 5.44. The number of benzene rings is 2. The monoisotopic (exact) mass is 384 g/mol. The van der Waals surface area contributed by atoms with Crippen LogP contribution >= 0.6 is 15.9 Å². The average molecular weight is 385 g/mol. The highest BCUT2D eigenvalue weighted by Gasteiger charge is 2.18. The quantitative estimate of drug-likeness (QED) is 0.581. The summed E-state index contributed by atoms with van der Waals surface area (Å²) in [6.07, 6.45) is 0. The van der Waals surface area contributed by atoms with Crippen LogP contribution < -0.4 is 4.74 Å². The summed E-state index contributed by atoms with van der Waals surface area (Å²) in [5.41, 5.74) is -0.367. The van der Waals surface area contributed by atoms with Crippen molar-refractivity contribution in [2.24, 2.45) is 0 Å². The summed E-state index contributed by atoms with van der Waals surface area (Å²) in [6.45, 7) is -0.662. The molecule has 2 aromatic rings. The minimum Gasteiger partial charge on any atom is -0.496 e. The molecule has 0 unspecified atom stereocenters. The van der Waals surface area contributed by atoms with Gasteiger partial charge in [0.2, 0.25) is 5.78 Å². The van der Waals surface area contributed by atoms with E-state index in [0.29, 0.717) is 4.47 Å². The lowest BCUT2D eigenvalue weighted by Crippen LogP contribution is -2.16. The van der Waals surface area contributed by atoms with Crippen LogP contribution in [0.1, 0.15) is 20.7 Å². The summed E-state index contributed by atoms with van der Waals surface area (Å²) >= 11 is 3.11. The number of hydrogen-bond acceptors (Lipinski definition) is 4. The lowest BCUT2D eigenvalue weighted by atomic mass is 10.1. The third-order valence-electron chi connectivity index (χ3n) is 2.94. The number of ketones is 1. The van der Waals surface area contributed by atoms with Gasteiger partial charge in [-0.15, -0.1) is 0 Å². The Labute approximate surface area is 139 Å². The van der Waals surface area contributed by atoms with Gasteiger partial charge in [0.05, 0.1) is 18.2 Å². The van der Waals surface area contributed by atoms with Gasteiger partial charge < -0.3 is 9.47 Å². The Morgan fingerprint density at radius 3 is 2.52 bits per heavy atom. The number of rotatable bonds is 5. The first-order valence-corrected chi connectivity index (χ1v) is 7.20. The predicted molar refractivity (Wildman–Crippen MR) is 81.7 cm³/mol. The van der Waals surface area contributed by atoms with Crippen molar-refractivity contribution in [1.82, 2.24) is 0 Å². The Balaban J connectivity index is 2.11. The van der Waals surface area contributed by atoms with E-state index in [4.69, 9.17) is 9.47 Å². The molecule has 0 aliphatic carbocycles. The molecule has 0 fully saturated rings. The first-order chi connectivity index (χ1) is 10.9. The number of methoxy groups -OCH3 is 1. The fourth-order valence-corrected chi connectivity index (χ4v) is 2.20. The smallest absolute Gasteiger partial charge is 0.341 e. The molecule has 0 radical (unpaired) electrons. The summed E-state index contributed by atoms with van der Waals surface area (Å²) in [6, 6.07) is 7.17. The van der Waals surface area contributed by atoms with Crippen LogP contribution in [0.15, 0.2) is 40.9 Å². The maximum Gasteiger partial charge on any atom is 0.341 e. The lowest BCUT2D eigenvalue weighted by Gasteiger charge is -2.09. The maximum atomic E-state index is 13.6. The summed E-state index contributed by atoms with van der Waals surface area (Å²) in [5.74, 6) is -2.90. The van der Waals surface area contributed by atoms with E-state index in [1.165, 1.54) is 25.3 Å². The number of ether oxygens (including phenoxy) is 2. The van der Waals surface area contributed by atoms with Crippen LogP contribution in [-0.4, -0.2) is 25.5 Å². The van der Waals surface area contributed by atoms with Crippen LogP contribution in [0.2, 0.25) is 0 Å². The Hall–Kier alpha value is -2.28. The van der Waals surface area contributed by atoms with Gasteiger partial charge in [-0.25, -0.2) is 13.6 Å². The van der Waals surface area contributed by atoms with Gasteiger partial charge in [0.1, 0.15) is 17.4 Å². The van der Waals surface area contributed by atoms with Crippen molar-refractivity contribution in [3.8, 4) is 5.75 Å². The molecule has 120 valence electrons. The molecule has 0 atom stereocenters. The zero-order valence-corrected chi connectivity index (χ0v) is 13.5. The standard InChI is InChI=1S/C16H11BrF2O4/c1-22-15-5-3-10(18)7-12(15)14(20)8-23-16(21)11-6-9(17)2-4-13(11)19/h2-7H,8H2,1H3. The molecule has 0 spiro atoms. The fourth-order valence-electron chi connectivity index (χ4n) is 1.84. The summed E-state index contributed by atoms with van der Waals surface area (Å²) in [7, 11) is 1.33. The lowest BCUT2D eigenvalue weighted by molar-refractivity contribution is 0.0469. The van der Waals surface area contributed by atoms with Gasteiger partial charge in [0, 0.05) is 4.47 Å². The van der Waals surface area contributed by atoms with E-state index >= 15 is 0 Å². The van der Waals surface area contributed by atoms with E-state index < -0.39 is 30.0 Å². The minimum atomic E-state index is -0.993. The van der Waals surface area contributed by atoms with Crippen molar-refractivity contribution in [1.29, 1.82) is 0 Å². The summed E-state index contributed by atoms with van der Waals surface area (Å²) in [5, 5.41) is 0. The molecule has 0 amide bonds. The molecule has 0 aliphatic heterocycles. The summed E-state index contributed by atoms with van der Waals surface area (Å²) in [4.78, 5) is 23.9. The molecule has 0 heterocycles. The van der Waals surface area contributed by atoms with Crippen molar-refractivity contribution >= 4 is 27.7 Å². The highest BCUT2D eigenvalue weighted by molar-refractivity contribution is 9.10. The van der Waals surface area contributed by atoms with Crippen molar-refractivity contribution in [3.63, 3.8) is 0 Å². The molecule has 0 bridgehead atoms. The highest BCUT2D eigenvalue weighted by atomic mass is 79.9. The average Bonchev–Trinajstić information content (AvgIpc) is 2.54. The molecular weight excluding hydrogens is 374 g/mol. The summed E-state index contributed by atoms with van der Waals surface area (Å²) < 4.78 is 37.0. The van der Waals surface area contributed by atoms with Crippen molar-refractivity contribution in [3.05, 3.63) is 63.6 Å². The van der Waals surface area contributed by atoms with Crippen LogP contribution in [0, 0.1) is 11.6 Å². The maximum absolute atomic E-state index is 13.6. The van der Waals surface area contributed by atoms with Gasteiger partial charge in [0.25, 0.3) is 0 Å². The van der Waals surface area contributed by atoms with Crippen molar-refractivity contribution < 1.29 is 27.8 Å².